The minimum Gasteiger partial charge on any atom is -0.497 e. The van der Waals surface area contributed by atoms with Crippen molar-refractivity contribution in [1.82, 2.24) is 4.90 Å². The molecule has 144 valence electrons. The van der Waals surface area contributed by atoms with Gasteiger partial charge < -0.3 is 19.3 Å². The summed E-state index contributed by atoms with van der Waals surface area (Å²) in [5.74, 6) is 2.41. The van der Waals surface area contributed by atoms with Gasteiger partial charge in [0.15, 0.2) is 11.5 Å². The first kappa shape index (κ1) is 19.3. The second kappa shape index (κ2) is 9.44. The number of aliphatic hydroxyl groups is 1. The SMILES string of the molecule is C=CCCC(O)CN(Cc1ccc(OC)cc1)Cc1ccc2c(c1)OCO2. The fraction of sp³-hybridized carbons (Fsp3) is 0.364. The van der Waals surface area contributed by atoms with Crippen LogP contribution in [0.2, 0.25) is 0 Å². The highest BCUT2D eigenvalue weighted by Gasteiger charge is 2.17. The third kappa shape index (κ3) is 5.49. The smallest absolute Gasteiger partial charge is 0.231 e. The van der Waals surface area contributed by atoms with Crippen molar-refractivity contribution >= 4 is 0 Å². The molecule has 0 saturated heterocycles. The Balaban J connectivity index is 1.70. The molecular weight excluding hydrogens is 342 g/mol. The Morgan fingerprint density at radius 3 is 2.56 bits per heavy atom. The van der Waals surface area contributed by atoms with Crippen LogP contribution in [-0.2, 0) is 13.1 Å². The molecule has 0 aliphatic carbocycles. The van der Waals surface area contributed by atoms with Gasteiger partial charge >= 0.3 is 0 Å². The molecular formula is C22H27NO4. The number of benzene rings is 2. The van der Waals surface area contributed by atoms with Crippen LogP contribution in [0.15, 0.2) is 55.1 Å². The molecule has 0 spiro atoms. The standard InChI is InChI=1S/C22H27NO4/c1-3-4-5-19(24)15-23(13-17-6-9-20(25-2)10-7-17)14-18-8-11-21-22(12-18)27-16-26-21/h3,6-12,19,24H,1,4-5,13-16H2,2H3. The molecule has 27 heavy (non-hydrogen) atoms. The summed E-state index contributed by atoms with van der Waals surface area (Å²) in [6, 6.07) is 14.0. The first-order valence-electron chi connectivity index (χ1n) is 9.20. The number of allylic oxidation sites excluding steroid dienone is 1. The van der Waals surface area contributed by atoms with Gasteiger partial charge in [-0.2, -0.15) is 0 Å². The van der Waals surface area contributed by atoms with Crippen LogP contribution in [0.5, 0.6) is 17.2 Å². The van der Waals surface area contributed by atoms with Gasteiger partial charge in [-0.3, -0.25) is 4.90 Å². The van der Waals surface area contributed by atoms with Gasteiger partial charge in [-0.25, -0.2) is 0 Å². The molecule has 1 aliphatic rings. The van der Waals surface area contributed by atoms with Crippen molar-refractivity contribution in [3.05, 3.63) is 66.2 Å². The maximum absolute atomic E-state index is 10.4. The predicted octanol–water partition coefficient (Wildman–Crippen LogP) is 3.75. The van der Waals surface area contributed by atoms with E-state index in [9.17, 15) is 5.11 Å². The maximum Gasteiger partial charge on any atom is 0.231 e. The van der Waals surface area contributed by atoms with Crippen LogP contribution < -0.4 is 14.2 Å². The summed E-state index contributed by atoms with van der Waals surface area (Å²) in [7, 11) is 1.66. The Morgan fingerprint density at radius 1 is 1.11 bits per heavy atom. The number of hydrogen-bond acceptors (Lipinski definition) is 5. The van der Waals surface area contributed by atoms with Crippen molar-refractivity contribution in [2.75, 3.05) is 20.4 Å². The van der Waals surface area contributed by atoms with E-state index in [-0.39, 0.29) is 6.79 Å². The molecule has 1 heterocycles. The Kier molecular flexibility index (Phi) is 6.74. The molecule has 2 aromatic carbocycles. The molecule has 1 aliphatic heterocycles. The van der Waals surface area contributed by atoms with Crippen molar-refractivity contribution in [2.24, 2.45) is 0 Å². The van der Waals surface area contributed by atoms with Gasteiger partial charge in [0.1, 0.15) is 5.75 Å². The highest BCUT2D eigenvalue weighted by Crippen LogP contribution is 2.33. The number of rotatable bonds is 10. The molecule has 0 bridgehead atoms. The van der Waals surface area contributed by atoms with Gasteiger partial charge in [0.25, 0.3) is 0 Å². The summed E-state index contributed by atoms with van der Waals surface area (Å²) in [5, 5.41) is 10.4. The second-order valence-corrected chi connectivity index (χ2v) is 6.73. The minimum atomic E-state index is -0.393. The fourth-order valence-corrected chi connectivity index (χ4v) is 3.17. The minimum absolute atomic E-state index is 0.272. The van der Waals surface area contributed by atoms with Crippen molar-refractivity contribution in [2.45, 2.75) is 32.0 Å². The predicted molar refractivity (Wildman–Crippen MR) is 105 cm³/mol. The molecule has 3 rings (SSSR count). The maximum atomic E-state index is 10.4. The van der Waals surface area contributed by atoms with Gasteiger partial charge in [-0.05, 0) is 48.2 Å². The summed E-state index contributed by atoms with van der Waals surface area (Å²) >= 11 is 0. The van der Waals surface area contributed by atoms with Crippen LogP contribution in [0.3, 0.4) is 0 Å². The fourth-order valence-electron chi connectivity index (χ4n) is 3.17. The molecule has 1 unspecified atom stereocenters. The van der Waals surface area contributed by atoms with E-state index in [1.165, 1.54) is 5.56 Å². The van der Waals surface area contributed by atoms with E-state index in [1.807, 2.05) is 36.4 Å². The van der Waals surface area contributed by atoms with Crippen LogP contribution >= 0.6 is 0 Å². The van der Waals surface area contributed by atoms with E-state index in [0.717, 1.165) is 35.8 Å². The largest absolute Gasteiger partial charge is 0.497 e. The topological polar surface area (TPSA) is 51.2 Å². The lowest BCUT2D eigenvalue weighted by molar-refractivity contribution is 0.0983. The average Bonchev–Trinajstić information content (AvgIpc) is 3.14. The van der Waals surface area contributed by atoms with Gasteiger partial charge in [0.2, 0.25) is 6.79 Å². The third-order valence-corrected chi connectivity index (χ3v) is 4.58. The molecule has 0 radical (unpaired) electrons. The van der Waals surface area contributed by atoms with E-state index in [2.05, 4.69) is 23.6 Å². The summed E-state index contributed by atoms with van der Waals surface area (Å²) in [6.07, 6.45) is 2.97. The van der Waals surface area contributed by atoms with Gasteiger partial charge in [0.05, 0.1) is 13.2 Å². The van der Waals surface area contributed by atoms with Gasteiger partial charge in [-0.15, -0.1) is 6.58 Å². The van der Waals surface area contributed by atoms with Crippen LogP contribution in [0.4, 0.5) is 0 Å². The lowest BCUT2D eigenvalue weighted by Gasteiger charge is -2.25. The highest BCUT2D eigenvalue weighted by molar-refractivity contribution is 5.44. The quantitative estimate of drug-likeness (QED) is 0.647. The molecule has 1 atom stereocenters. The Hall–Kier alpha value is -2.50. The zero-order valence-electron chi connectivity index (χ0n) is 15.8. The van der Waals surface area contributed by atoms with Crippen molar-refractivity contribution < 1.29 is 19.3 Å². The zero-order valence-corrected chi connectivity index (χ0v) is 15.8. The lowest BCUT2D eigenvalue weighted by Crippen LogP contribution is -2.31. The van der Waals surface area contributed by atoms with Gasteiger partial charge in [-0.1, -0.05) is 24.3 Å². The second-order valence-electron chi connectivity index (χ2n) is 6.73. The van der Waals surface area contributed by atoms with Crippen LogP contribution in [-0.4, -0.2) is 36.6 Å². The Morgan fingerprint density at radius 2 is 1.81 bits per heavy atom. The molecule has 2 aromatic rings. The Bertz CT molecular complexity index is 744. The molecule has 0 fully saturated rings. The van der Waals surface area contributed by atoms with E-state index in [0.29, 0.717) is 19.5 Å². The summed E-state index contributed by atoms with van der Waals surface area (Å²) in [4.78, 5) is 2.24. The Labute approximate surface area is 160 Å². The monoisotopic (exact) mass is 369 g/mol. The number of methoxy groups -OCH3 is 1. The van der Waals surface area contributed by atoms with E-state index in [4.69, 9.17) is 14.2 Å². The average molecular weight is 369 g/mol. The first-order chi connectivity index (χ1) is 13.2. The van der Waals surface area contributed by atoms with Crippen LogP contribution in [0.1, 0.15) is 24.0 Å². The molecule has 0 amide bonds. The summed E-state index contributed by atoms with van der Waals surface area (Å²) < 4.78 is 16.1. The highest BCUT2D eigenvalue weighted by atomic mass is 16.7. The summed E-state index contributed by atoms with van der Waals surface area (Å²) in [6.45, 7) is 6.05. The van der Waals surface area contributed by atoms with Crippen LogP contribution in [0.25, 0.3) is 0 Å². The van der Waals surface area contributed by atoms with Crippen molar-refractivity contribution in [3.63, 3.8) is 0 Å². The van der Waals surface area contributed by atoms with Gasteiger partial charge in [0, 0.05) is 19.6 Å². The number of fused-ring (bicyclic) bond motifs is 1. The van der Waals surface area contributed by atoms with Crippen molar-refractivity contribution in [1.29, 1.82) is 0 Å². The summed E-state index contributed by atoms with van der Waals surface area (Å²) in [5.41, 5.74) is 2.30. The number of hydrogen-bond donors (Lipinski definition) is 1. The molecule has 5 nitrogen and oxygen atoms in total. The van der Waals surface area contributed by atoms with E-state index in [1.54, 1.807) is 7.11 Å². The van der Waals surface area contributed by atoms with E-state index >= 15 is 0 Å². The molecule has 1 N–H and O–H groups in total. The first-order valence-corrected chi connectivity index (χ1v) is 9.20. The molecule has 5 heteroatoms. The molecule has 0 aromatic heterocycles. The van der Waals surface area contributed by atoms with Crippen LogP contribution in [0, 0.1) is 0 Å². The number of ether oxygens (including phenoxy) is 3. The normalized spacial score (nSPS) is 13.6. The number of nitrogens with zero attached hydrogens (tertiary/aromatic N) is 1. The molecule has 0 saturated carbocycles. The van der Waals surface area contributed by atoms with E-state index < -0.39 is 6.10 Å². The number of aliphatic hydroxyl groups excluding tert-OH is 1. The zero-order chi connectivity index (χ0) is 19.1. The van der Waals surface area contributed by atoms with Crippen molar-refractivity contribution in [3.8, 4) is 17.2 Å². The lowest BCUT2D eigenvalue weighted by atomic mass is 10.1. The third-order valence-electron chi connectivity index (χ3n) is 4.58.